The number of amides is 1. The van der Waals surface area contributed by atoms with Gasteiger partial charge in [0, 0.05) is 12.1 Å². The van der Waals surface area contributed by atoms with Crippen molar-refractivity contribution in [2.45, 2.75) is 25.2 Å². The van der Waals surface area contributed by atoms with Crippen molar-refractivity contribution >= 4 is 5.91 Å². The van der Waals surface area contributed by atoms with Crippen LogP contribution in [0.4, 0.5) is 4.39 Å². The molecule has 0 heterocycles. The zero-order chi connectivity index (χ0) is 13.0. The Morgan fingerprint density at radius 3 is 2.53 bits per heavy atom. The maximum Gasteiger partial charge on any atom is 0.220 e. The number of carbonyl (C=O) groups is 1. The number of aliphatic hydroxyl groups excluding tert-OH is 2. The first-order valence-corrected chi connectivity index (χ1v) is 5.08. The number of hydrogen-bond acceptors (Lipinski definition) is 4. The van der Waals surface area contributed by atoms with Gasteiger partial charge in [-0.15, -0.1) is 0 Å². The molecule has 0 aromatic heterocycles. The predicted octanol–water partition coefficient (Wildman–Crippen LogP) is -0.446. The highest BCUT2D eigenvalue weighted by Crippen LogP contribution is 2.21. The number of benzene rings is 1. The molecule has 2 unspecified atom stereocenters. The molecular weight excluding hydrogens is 227 g/mol. The Hall–Kier alpha value is -1.50. The van der Waals surface area contributed by atoms with Crippen LogP contribution in [0.25, 0.3) is 0 Å². The topological polar surface area (TPSA) is 110 Å². The van der Waals surface area contributed by atoms with Crippen LogP contribution in [0.15, 0.2) is 18.2 Å². The van der Waals surface area contributed by atoms with E-state index in [-0.39, 0.29) is 18.5 Å². The van der Waals surface area contributed by atoms with Crippen LogP contribution in [-0.4, -0.2) is 22.2 Å². The average Bonchev–Trinajstić information content (AvgIpc) is 2.27. The van der Waals surface area contributed by atoms with Gasteiger partial charge in [-0.1, -0.05) is 12.1 Å². The number of nitrogens with two attached hydrogens (primary N) is 2. The van der Waals surface area contributed by atoms with Crippen LogP contribution >= 0.6 is 0 Å². The van der Waals surface area contributed by atoms with Gasteiger partial charge in [-0.25, -0.2) is 4.39 Å². The molecule has 1 rings (SSSR count). The summed E-state index contributed by atoms with van der Waals surface area (Å²) in [5.41, 5.74) is 10.7. The normalized spacial score (nSPS) is 14.4. The van der Waals surface area contributed by atoms with Crippen LogP contribution in [0.2, 0.25) is 0 Å². The van der Waals surface area contributed by atoms with E-state index in [0.29, 0.717) is 5.56 Å². The van der Waals surface area contributed by atoms with E-state index in [4.69, 9.17) is 11.5 Å². The summed E-state index contributed by atoms with van der Waals surface area (Å²) in [6.07, 6.45) is -3.10. The lowest BCUT2D eigenvalue weighted by molar-refractivity contribution is -0.121. The molecule has 2 atom stereocenters. The quantitative estimate of drug-likeness (QED) is 0.560. The van der Waals surface area contributed by atoms with Crippen molar-refractivity contribution in [1.29, 1.82) is 0 Å². The summed E-state index contributed by atoms with van der Waals surface area (Å²) < 4.78 is 13.4. The molecule has 1 aromatic carbocycles. The van der Waals surface area contributed by atoms with Gasteiger partial charge in [0.1, 0.15) is 11.9 Å². The van der Waals surface area contributed by atoms with E-state index in [0.717, 1.165) is 6.07 Å². The summed E-state index contributed by atoms with van der Waals surface area (Å²) in [7, 11) is 0. The van der Waals surface area contributed by atoms with Gasteiger partial charge in [-0.3, -0.25) is 4.79 Å². The number of hydrogen-bond donors (Lipinski definition) is 4. The van der Waals surface area contributed by atoms with Crippen LogP contribution in [0.5, 0.6) is 0 Å². The van der Waals surface area contributed by atoms with Crippen LogP contribution in [0, 0.1) is 5.82 Å². The van der Waals surface area contributed by atoms with Crippen molar-refractivity contribution in [3.8, 4) is 0 Å². The van der Waals surface area contributed by atoms with Gasteiger partial charge in [0.25, 0.3) is 0 Å². The second-order valence-corrected chi connectivity index (χ2v) is 3.74. The summed E-state index contributed by atoms with van der Waals surface area (Å²) in [5.74, 6) is -1.30. The van der Waals surface area contributed by atoms with Crippen LogP contribution in [0.3, 0.4) is 0 Å². The molecule has 17 heavy (non-hydrogen) atoms. The summed E-state index contributed by atoms with van der Waals surface area (Å²) in [4.78, 5) is 10.6. The maximum atomic E-state index is 13.4. The fraction of sp³-hybridized carbons (Fsp3) is 0.364. The third kappa shape index (κ3) is 3.48. The zero-order valence-corrected chi connectivity index (χ0v) is 9.14. The number of halogens is 1. The molecule has 0 fully saturated rings. The second-order valence-electron chi connectivity index (χ2n) is 3.74. The van der Waals surface area contributed by atoms with Crippen molar-refractivity contribution in [2.24, 2.45) is 11.5 Å². The van der Waals surface area contributed by atoms with Gasteiger partial charge in [0.2, 0.25) is 5.91 Å². The molecular formula is C11H15FN2O3. The smallest absolute Gasteiger partial charge is 0.220 e. The number of aliphatic hydroxyl groups is 2. The summed E-state index contributed by atoms with van der Waals surface area (Å²) in [6.45, 7) is 0.0477. The Balaban J connectivity index is 2.85. The largest absolute Gasteiger partial charge is 0.390 e. The molecule has 6 N–H and O–H groups in total. The second kappa shape index (κ2) is 5.72. The van der Waals surface area contributed by atoms with E-state index in [1.807, 2.05) is 0 Å². The Morgan fingerprint density at radius 2 is 2.06 bits per heavy atom. The highest BCUT2D eigenvalue weighted by atomic mass is 19.1. The molecule has 94 valence electrons. The van der Waals surface area contributed by atoms with Crippen LogP contribution in [-0.2, 0) is 11.3 Å². The highest BCUT2D eigenvalue weighted by molar-refractivity contribution is 5.74. The number of carbonyl (C=O) groups excluding carboxylic acids is 1. The zero-order valence-electron chi connectivity index (χ0n) is 9.14. The predicted molar refractivity (Wildman–Crippen MR) is 59.1 cm³/mol. The van der Waals surface area contributed by atoms with E-state index >= 15 is 0 Å². The maximum absolute atomic E-state index is 13.4. The average molecular weight is 242 g/mol. The molecule has 0 bridgehead atoms. The van der Waals surface area contributed by atoms with E-state index in [9.17, 15) is 19.4 Å². The molecule has 0 aliphatic heterocycles. The van der Waals surface area contributed by atoms with Crippen molar-refractivity contribution in [3.63, 3.8) is 0 Å². The van der Waals surface area contributed by atoms with Crippen LogP contribution in [0.1, 0.15) is 23.7 Å². The molecule has 5 nitrogen and oxygen atoms in total. The van der Waals surface area contributed by atoms with E-state index in [1.54, 1.807) is 0 Å². The van der Waals surface area contributed by atoms with E-state index < -0.39 is 23.9 Å². The molecule has 0 aliphatic rings. The van der Waals surface area contributed by atoms with Gasteiger partial charge >= 0.3 is 0 Å². The molecule has 0 spiro atoms. The standard InChI is InChI=1S/C11H15FN2O3/c12-8-3-6(1-2-7(8)5-13)11(17)9(15)4-10(14)16/h1-3,9,11,15,17H,4-5,13H2,(H2,14,16). The highest BCUT2D eigenvalue weighted by Gasteiger charge is 2.21. The summed E-state index contributed by atoms with van der Waals surface area (Å²) >= 11 is 0. The summed E-state index contributed by atoms with van der Waals surface area (Å²) in [5, 5.41) is 19.1. The van der Waals surface area contributed by atoms with Crippen molar-refractivity contribution in [1.82, 2.24) is 0 Å². The third-order valence-electron chi connectivity index (χ3n) is 2.41. The lowest BCUT2D eigenvalue weighted by Gasteiger charge is -2.17. The van der Waals surface area contributed by atoms with Gasteiger partial charge in [0.15, 0.2) is 0 Å². The monoisotopic (exact) mass is 242 g/mol. The molecule has 0 saturated heterocycles. The first-order valence-electron chi connectivity index (χ1n) is 5.08. The molecule has 1 amide bonds. The lowest BCUT2D eigenvalue weighted by Crippen LogP contribution is -2.25. The minimum Gasteiger partial charge on any atom is -0.390 e. The Labute approximate surface area is 97.9 Å². The Morgan fingerprint density at radius 1 is 1.41 bits per heavy atom. The van der Waals surface area contributed by atoms with E-state index in [2.05, 4.69) is 0 Å². The number of primary amides is 1. The van der Waals surface area contributed by atoms with Gasteiger partial charge in [0.05, 0.1) is 12.5 Å². The molecule has 6 heteroatoms. The van der Waals surface area contributed by atoms with Crippen LogP contribution < -0.4 is 11.5 Å². The fourth-order valence-electron chi connectivity index (χ4n) is 1.45. The third-order valence-corrected chi connectivity index (χ3v) is 2.41. The first-order chi connectivity index (χ1) is 7.95. The van der Waals surface area contributed by atoms with Crippen molar-refractivity contribution < 1.29 is 19.4 Å². The van der Waals surface area contributed by atoms with Crippen molar-refractivity contribution in [2.75, 3.05) is 0 Å². The lowest BCUT2D eigenvalue weighted by atomic mass is 10.0. The Bertz CT molecular complexity index is 412. The van der Waals surface area contributed by atoms with Gasteiger partial charge in [-0.2, -0.15) is 0 Å². The van der Waals surface area contributed by atoms with E-state index in [1.165, 1.54) is 12.1 Å². The van der Waals surface area contributed by atoms with Gasteiger partial charge < -0.3 is 21.7 Å². The van der Waals surface area contributed by atoms with Gasteiger partial charge in [-0.05, 0) is 11.6 Å². The Kier molecular flexibility index (Phi) is 4.56. The minimum atomic E-state index is -1.36. The molecule has 0 aliphatic carbocycles. The summed E-state index contributed by atoms with van der Waals surface area (Å²) in [6, 6.07) is 3.95. The molecule has 1 aromatic rings. The molecule has 0 radical (unpaired) electrons. The minimum absolute atomic E-state index is 0.0477. The number of rotatable bonds is 5. The fourth-order valence-corrected chi connectivity index (χ4v) is 1.45. The SMILES string of the molecule is NCc1ccc(C(O)C(O)CC(N)=O)cc1F. The molecule has 0 saturated carbocycles. The first kappa shape index (κ1) is 13.6. The van der Waals surface area contributed by atoms with Crippen molar-refractivity contribution in [3.05, 3.63) is 35.1 Å².